The van der Waals surface area contributed by atoms with Crippen LogP contribution in [0.3, 0.4) is 0 Å². The molecule has 13 heteroatoms. The van der Waals surface area contributed by atoms with E-state index < -0.39 is 86.3 Å². The summed E-state index contributed by atoms with van der Waals surface area (Å²) in [6.07, 6.45) is -11.7. The summed E-state index contributed by atoms with van der Waals surface area (Å²) in [5.41, 5.74) is 0. The molecule has 168 valence electrons. The molecule has 10 atom stereocenters. The summed E-state index contributed by atoms with van der Waals surface area (Å²) in [7, 11) is 0. The fourth-order valence-electron chi connectivity index (χ4n) is 3.38. The van der Waals surface area contributed by atoms with Gasteiger partial charge in [0, 0.05) is 13.8 Å². The summed E-state index contributed by atoms with van der Waals surface area (Å²) in [5.74, 6) is -1.14. The molecule has 0 saturated carbocycles. The van der Waals surface area contributed by atoms with Crippen LogP contribution < -0.4 is 10.6 Å². The van der Waals surface area contributed by atoms with E-state index in [1.807, 2.05) is 0 Å². The Bertz CT molecular complexity index is 579. The average Bonchev–Trinajstić information content (AvgIpc) is 2.65. The number of carbonyl (C=O) groups excluding carboxylic acids is 2. The Morgan fingerprint density at radius 1 is 0.828 bits per heavy atom. The second-order valence-electron chi connectivity index (χ2n) is 7.00. The van der Waals surface area contributed by atoms with Gasteiger partial charge < -0.3 is 55.5 Å². The zero-order valence-electron chi connectivity index (χ0n) is 15.9. The van der Waals surface area contributed by atoms with Gasteiger partial charge in [-0.3, -0.25) is 9.59 Å². The normalized spacial score (nSPS) is 42.9. The van der Waals surface area contributed by atoms with Gasteiger partial charge in [0.2, 0.25) is 11.8 Å². The number of carbonyl (C=O) groups is 2. The lowest BCUT2D eigenvalue weighted by atomic mass is 9.94. The van der Waals surface area contributed by atoms with Crippen LogP contribution in [-0.2, 0) is 23.8 Å². The van der Waals surface area contributed by atoms with E-state index in [2.05, 4.69) is 10.6 Å². The Kier molecular flexibility index (Phi) is 8.28. The molecule has 2 rings (SSSR count). The first kappa shape index (κ1) is 23.9. The number of nitrogens with one attached hydrogen (secondary N) is 2. The van der Waals surface area contributed by atoms with Gasteiger partial charge >= 0.3 is 0 Å². The lowest BCUT2D eigenvalue weighted by molar-refractivity contribution is -0.327. The highest BCUT2D eigenvalue weighted by Crippen LogP contribution is 2.28. The van der Waals surface area contributed by atoms with Gasteiger partial charge in [0.25, 0.3) is 0 Å². The molecule has 0 bridgehead atoms. The molecule has 0 aliphatic carbocycles. The summed E-state index contributed by atoms with van der Waals surface area (Å²) in [4.78, 5) is 22.8. The Labute approximate surface area is 166 Å². The lowest BCUT2D eigenvalue weighted by Gasteiger charge is -2.47. The van der Waals surface area contributed by atoms with Crippen LogP contribution in [0.2, 0.25) is 0 Å². The van der Waals surface area contributed by atoms with E-state index in [0.29, 0.717) is 0 Å². The fourth-order valence-corrected chi connectivity index (χ4v) is 3.38. The maximum Gasteiger partial charge on any atom is 0.217 e. The average molecular weight is 424 g/mol. The predicted molar refractivity (Wildman–Crippen MR) is 91.8 cm³/mol. The fraction of sp³-hybridized carbons (Fsp3) is 0.875. The van der Waals surface area contributed by atoms with E-state index in [4.69, 9.17) is 14.2 Å². The topological polar surface area (TPSA) is 207 Å². The summed E-state index contributed by atoms with van der Waals surface area (Å²) in [5, 5.41) is 64.5. The van der Waals surface area contributed by atoms with Crippen LogP contribution in [-0.4, -0.2) is 117 Å². The second-order valence-corrected chi connectivity index (χ2v) is 7.00. The molecule has 8 N–H and O–H groups in total. The van der Waals surface area contributed by atoms with Crippen LogP contribution in [0.5, 0.6) is 0 Å². The number of aliphatic hydroxyl groups is 6. The summed E-state index contributed by atoms with van der Waals surface area (Å²) >= 11 is 0. The Morgan fingerprint density at radius 3 is 1.90 bits per heavy atom. The molecule has 0 aromatic carbocycles. The van der Waals surface area contributed by atoms with Crippen LogP contribution in [0, 0.1) is 0 Å². The van der Waals surface area contributed by atoms with Gasteiger partial charge in [-0.2, -0.15) is 0 Å². The molecule has 2 aliphatic heterocycles. The van der Waals surface area contributed by atoms with E-state index in [1.54, 1.807) is 0 Å². The molecular weight excluding hydrogens is 396 g/mol. The van der Waals surface area contributed by atoms with Crippen LogP contribution in [0.4, 0.5) is 0 Å². The van der Waals surface area contributed by atoms with Gasteiger partial charge in [-0.05, 0) is 0 Å². The summed E-state index contributed by atoms with van der Waals surface area (Å²) in [6.45, 7) is 0.962. The zero-order chi connectivity index (χ0) is 21.9. The van der Waals surface area contributed by atoms with Gasteiger partial charge in [-0.15, -0.1) is 0 Å². The van der Waals surface area contributed by atoms with Crippen molar-refractivity contribution in [1.29, 1.82) is 0 Å². The van der Waals surface area contributed by atoms with Crippen molar-refractivity contribution in [2.75, 3.05) is 13.2 Å². The van der Waals surface area contributed by atoms with Crippen molar-refractivity contribution in [2.24, 2.45) is 0 Å². The molecule has 2 fully saturated rings. The van der Waals surface area contributed by atoms with Gasteiger partial charge in [0.1, 0.15) is 48.7 Å². The SMILES string of the molecule is CC(=O)N[C@H]1C(O[C@H]2[C@H](O)[C@@H](NC(C)=O)C(O)O[C@@H]2CO)O[C@H](CO)[C@@H](O)[C@@H]1O. The van der Waals surface area contributed by atoms with E-state index >= 15 is 0 Å². The van der Waals surface area contributed by atoms with Crippen LogP contribution in [0.1, 0.15) is 13.8 Å². The highest BCUT2D eigenvalue weighted by molar-refractivity contribution is 5.73. The van der Waals surface area contributed by atoms with Crippen molar-refractivity contribution in [1.82, 2.24) is 10.6 Å². The Balaban J connectivity index is 2.26. The highest BCUT2D eigenvalue weighted by atomic mass is 16.7. The standard InChI is InChI=1S/C16H28N2O11/c1-5(21)17-9-13(25)14(8(4-20)27-15(9)26)29-16-10(18-6(2)22)12(24)11(23)7(3-19)28-16/h7-16,19-20,23-26H,3-4H2,1-2H3,(H,17,21)(H,18,22)/t7-,8-,9-,10-,11-,12-,13-,14-,15?,16?/m1/s1. The minimum atomic E-state index is -1.64. The van der Waals surface area contributed by atoms with E-state index in [1.165, 1.54) is 0 Å². The number of hydrogen-bond donors (Lipinski definition) is 8. The van der Waals surface area contributed by atoms with Gasteiger partial charge in [0.15, 0.2) is 12.6 Å². The summed E-state index contributed by atoms with van der Waals surface area (Å²) in [6, 6.07) is -2.59. The minimum Gasteiger partial charge on any atom is -0.394 e. The number of rotatable bonds is 6. The largest absolute Gasteiger partial charge is 0.394 e. The number of ether oxygens (including phenoxy) is 3. The van der Waals surface area contributed by atoms with Crippen molar-refractivity contribution in [3.05, 3.63) is 0 Å². The molecule has 2 heterocycles. The molecule has 13 nitrogen and oxygen atoms in total. The molecule has 2 amide bonds. The maximum absolute atomic E-state index is 11.5. The molecule has 2 aliphatic rings. The van der Waals surface area contributed by atoms with E-state index in [-0.39, 0.29) is 0 Å². The van der Waals surface area contributed by atoms with Crippen LogP contribution in [0.25, 0.3) is 0 Å². The van der Waals surface area contributed by atoms with Crippen molar-refractivity contribution in [3.8, 4) is 0 Å². The lowest BCUT2D eigenvalue weighted by Crippen LogP contribution is -2.69. The first-order valence-electron chi connectivity index (χ1n) is 9.05. The third-order valence-electron chi connectivity index (χ3n) is 4.78. The first-order chi connectivity index (χ1) is 13.6. The molecule has 0 aromatic rings. The number of amides is 2. The van der Waals surface area contributed by atoms with Gasteiger partial charge in [0.05, 0.1) is 13.2 Å². The predicted octanol–water partition coefficient (Wildman–Crippen LogP) is -5.11. The quantitative estimate of drug-likeness (QED) is 0.202. The zero-order valence-corrected chi connectivity index (χ0v) is 15.9. The van der Waals surface area contributed by atoms with Gasteiger partial charge in [-0.1, -0.05) is 0 Å². The van der Waals surface area contributed by atoms with E-state index in [9.17, 15) is 40.2 Å². The van der Waals surface area contributed by atoms with Crippen molar-refractivity contribution >= 4 is 11.8 Å². The molecule has 0 aromatic heterocycles. The van der Waals surface area contributed by atoms with Gasteiger partial charge in [-0.25, -0.2) is 0 Å². The van der Waals surface area contributed by atoms with Crippen LogP contribution in [0.15, 0.2) is 0 Å². The smallest absolute Gasteiger partial charge is 0.217 e. The first-order valence-corrected chi connectivity index (χ1v) is 9.05. The monoisotopic (exact) mass is 424 g/mol. The summed E-state index contributed by atoms with van der Waals surface area (Å²) < 4.78 is 16.3. The molecule has 0 spiro atoms. The van der Waals surface area contributed by atoms with Crippen molar-refractivity contribution in [3.63, 3.8) is 0 Å². The molecule has 0 radical (unpaired) electrons. The van der Waals surface area contributed by atoms with Crippen molar-refractivity contribution < 1.29 is 54.4 Å². The number of aliphatic hydroxyl groups excluding tert-OH is 6. The highest BCUT2D eigenvalue weighted by Gasteiger charge is 2.51. The number of hydrogen-bond acceptors (Lipinski definition) is 11. The Morgan fingerprint density at radius 2 is 1.38 bits per heavy atom. The van der Waals surface area contributed by atoms with E-state index in [0.717, 1.165) is 13.8 Å². The third-order valence-corrected chi connectivity index (χ3v) is 4.78. The third kappa shape index (κ3) is 5.39. The van der Waals surface area contributed by atoms with Crippen LogP contribution >= 0.6 is 0 Å². The molecule has 2 unspecified atom stereocenters. The minimum absolute atomic E-state index is 0.568. The molecule has 29 heavy (non-hydrogen) atoms. The maximum atomic E-state index is 11.5. The molecule has 2 saturated heterocycles. The second kappa shape index (κ2) is 10.1. The van der Waals surface area contributed by atoms with Crippen molar-refractivity contribution in [2.45, 2.75) is 75.1 Å². The Hall–Kier alpha value is -1.42. The molecular formula is C16H28N2O11.